The van der Waals surface area contributed by atoms with Gasteiger partial charge in [-0.1, -0.05) is 118 Å². The highest BCUT2D eigenvalue weighted by molar-refractivity contribution is 9.09. The molecule has 0 N–H and O–H groups in total. The number of hydrogen-bond donors (Lipinski definition) is 0. The second-order valence-corrected chi connectivity index (χ2v) is 9.13. The molecule has 0 atom stereocenters. The van der Waals surface area contributed by atoms with Crippen LogP contribution >= 0.6 is 15.9 Å². The Morgan fingerprint density at radius 2 is 1.03 bits per heavy atom. The van der Waals surface area contributed by atoms with Gasteiger partial charge in [0.1, 0.15) is 0 Å². The second kappa shape index (κ2) is 26.9. The van der Waals surface area contributed by atoms with Crippen LogP contribution in [-0.2, 0) is 9.47 Å². The number of halogens is 1. The van der Waals surface area contributed by atoms with Crippen LogP contribution in [0.2, 0.25) is 0 Å². The molecule has 0 aliphatic rings. The second-order valence-electron chi connectivity index (χ2n) is 8.34. The summed E-state index contributed by atoms with van der Waals surface area (Å²) < 4.78 is 12.1. The Kier molecular flexibility index (Phi) is 26.8. The number of allylic oxidation sites excluding steroid dienone is 2. The Hall–Kier alpha value is -0.120. The van der Waals surface area contributed by atoms with Crippen LogP contribution in [0.25, 0.3) is 0 Å². The van der Waals surface area contributed by atoms with Crippen LogP contribution in [0.4, 0.5) is 0 Å². The molecule has 0 aromatic carbocycles. The van der Waals surface area contributed by atoms with Crippen molar-refractivity contribution in [1.29, 1.82) is 0 Å². The number of unbranched alkanes of at least 4 members (excludes halogenated alkanes) is 13. The summed E-state index contributed by atoms with van der Waals surface area (Å²) in [6.45, 7) is 5.86. The van der Waals surface area contributed by atoms with E-state index in [4.69, 9.17) is 9.47 Å². The Morgan fingerprint density at radius 1 is 0.567 bits per heavy atom. The zero-order valence-corrected chi connectivity index (χ0v) is 21.8. The first-order valence-corrected chi connectivity index (χ1v) is 14.1. The van der Waals surface area contributed by atoms with Gasteiger partial charge < -0.3 is 9.47 Å². The molecule has 0 saturated heterocycles. The van der Waals surface area contributed by atoms with Gasteiger partial charge in [0.25, 0.3) is 0 Å². The molecule has 0 bridgehead atoms. The molecule has 0 heterocycles. The zero-order valence-electron chi connectivity index (χ0n) is 20.2. The van der Waals surface area contributed by atoms with Crippen LogP contribution in [0, 0.1) is 0 Å². The molecule has 0 aliphatic carbocycles. The van der Waals surface area contributed by atoms with Crippen LogP contribution in [0.15, 0.2) is 24.3 Å². The highest BCUT2D eigenvalue weighted by Crippen LogP contribution is 2.12. The molecule has 30 heavy (non-hydrogen) atoms. The fourth-order valence-electron chi connectivity index (χ4n) is 3.40. The van der Waals surface area contributed by atoms with Crippen molar-refractivity contribution in [3.63, 3.8) is 0 Å². The number of ether oxygens (including phenoxy) is 2. The van der Waals surface area contributed by atoms with Gasteiger partial charge in [0.05, 0.1) is 13.2 Å². The van der Waals surface area contributed by atoms with E-state index in [9.17, 15) is 0 Å². The lowest BCUT2D eigenvalue weighted by Gasteiger charge is -2.17. The fraction of sp³-hybridized carbons (Fsp3) is 0.852. The van der Waals surface area contributed by atoms with E-state index in [1.54, 1.807) is 0 Å². The molecule has 0 amide bonds. The van der Waals surface area contributed by atoms with Gasteiger partial charge in [-0.05, 0) is 44.9 Å². The highest BCUT2D eigenvalue weighted by atomic mass is 79.9. The van der Waals surface area contributed by atoms with E-state index < -0.39 is 0 Å². The van der Waals surface area contributed by atoms with Crippen molar-refractivity contribution in [3.05, 3.63) is 24.3 Å². The van der Waals surface area contributed by atoms with Crippen LogP contribution < -0.4 is 0 Å². The predicted molar refractivity (Wildman–Crippen MR) is 138 cm³/mol. The van der Waals surface area contributed by atoms with Crippen molar-refractivity contribution >= 4 is 15.9 Å². The average Bonchev–Trinajstić information content (AvgIpc) is 2.76. The molecule has 178 valence electrons. The van der Waals surface area contributed by atoms with E-state index in [1.807, 2.05) is 0 Å². The first-order valence-electron chi connectivity index (χ1n) is 12.9. The van der Waals surface area contributed by atoms with Crippen molar-refractivity contribution < 1.29 is 9.47 Å². The van der Waals surface area contributed by atoms with Crippen LogP contribution in [-0.4, -0.2) is 24.8 Å². The summed E-state index contributed by atoms with van der Waals surface area (Å²) in [4.78, 5) is 0. The maximum absolute atomic E-state index is 6.03. The van der Waals surface area contributed by atoms with Crippen molar-refractivity contribution in [2.75, 3.05) is 18.5 Å². The van der Waals surface area contributed by atoms with Crippen LogP contribution in [0.1, 0.15) is 123 Å². The molecule has 0 radical (unpaired) electrons. The topological polar surface area (TPSA) is 18.5 Å². The highest BCUT2D eigenvalue weighted by Gasteiger charge is 2.07. The third-order valence-electron chi connectivity index (χ3n) is 5.36. The third kappa shape index (κ3) is 24.2. The maximum Gasteiger partial charge on any atom is 0.158 e. The van der Waals surface area contributed by atoms with Crippen molar-refractivity contribution in [1.82, 2.24) is 0 Å². The van der Waals surface area contributed by atoms with Crippen LogP contribution in [0.5, 0.6) is 0 Å². The predicted octanol–water partition coefficient (Wildman–Crippen LogP) is 9.52. The standard InChI is InChI=1S/C27H51BrO2/c1-3-5-7-9-13-17-21-25-29-27(23-19-15-11-12-16-20-24-28)30-26-22-18-14-10-8-6-4-2/h17-18,21-22,27H,3-16,19-20,23-26H2,1-2H3/b21-17-,22-18-. The summed E-state index contributed by atoms with van der Waals surface area (Å²) in [6, 6.07) is 0. The normalized spacial score (nSPS) is 12.1. The van der Waals surface area contributed by atoms with E-state index in [2.05, 4.69) is 54.1 Å². The summed E-state index contributed by atoms with van der Waals surface area (Å²) in [6.07, 6.45) is 30.5. The van der Waals surface area contributed by atoms with Gasteiger partial charge in [0.15, 0.2) is 6.29 Å². The smallest absolute Gasteiger partial charge is 0.158 e. The van der Waals surface area contributed by atoms with Crippen molar-refractivity contribution in [2.24, 2.45) is 0 Å². The quantitative estimate of drug-likeness (QED) is 0.0584. The molecule has 0 spiro atoms. The lowest BCUT2D eigenvalue weighted by Crippen LogP contribution is -2.17. The number of hydrogen-bond acceptors (Lipinski definition) is 2. The number of rotatable bonds is 24. The Morgan fingerprint density at radius 3 is 1.53 bits per heavy atom. The first-order chi connectivity index (χ1) is 14.8. The summed E-state index contributed by atoms with van der Waals surface area (Å²) in [5.74, 6) is 0. The van der Waals surface area contributed by atoms with Gasteiger partial charge in [-0.15, -0.1) is 0 Å². The van der Waals surface area contributed by atoms with Gasteiger partial charge in [0.2, 0.25) is 0 Å². The molecule has 0 aromatic heterocycles. The Balaban J connectivity index is 3.99. The Bertz CT molecular complexity index is 342. The summed E-state index contributed by atoms with van der Waals surface area (Å²) in [7, 11) is 0. The number of alkyl halides is 1. The SMILES string of the molecule is CCCCCC/C=C\COC(CCCCCCCCBr)OC/C=C\CCCCCC. The van der Waals surface area contributed by atoms with E-state index >= 15 is 0 Å². The third-order valence-corrected chi connectivity index (χ3v) is 5.92. The average molecular weight is 488 g/mol. The van der Waals surface area contributed by atoms with Crippen molar-refractivity contribution in [2.45, 2.75) is 129 Å². The summed E-state index contributed by atoms with van der Waals surface area (Å²) >= 11 is 3.51. The Labute approximate surface area is 197 Å². The minimum Gasteiger partial charge on any atom is -0.349 e. The van der Waals surface area contributed by atoms with Crippen molar-refractivity contribution in [3.8, 4) is 0 Å². The van der Waals surface area contributed by atoms with E-state index in [-0.39, 0.29) is 6.29 Å². The first kappa shape index (κ1) is 29.9. The van der Waals surface area contributed by atoms with E-state index in [0.717, 1.165) is 11.8 Å². The minimum atomic E-state index is -0.0676. The molecule has 0 aromatic rings. The van der Waals surface area contributed by atoms with E-state index in [1.165, 1.54) is 103 Å². The van der Waals surface area contributed by atoms with Gasteiger partial charge in [0, 0.05) is 5.33 Å². The van der Waals surface area contributed by atoms with Gasteiger partial charge in [-0.2, -0.15) is 0 Å². The maximum atomic E-state index is 6.03. The van der Waals surface area contributed by atoms with Crippen LogP contribution in [0.3, 0.4) is 0 Å². The monoisotopic (exact) mass is 486 g/mol. The molecular weight excluding hydrogens is 436 g/mol. The zero-order chi connectivity index (χ0) is 22.0. The minimum absolute atomic E-state index is 0.0676. The molecule has 3 heteroatoms. The lowest BCUT2D eigenvalue weighted by molar-refractivity contribution is -0.131. The fourth-order valence-corrected chi connectivity index (χ4v) is 3.80. The molecule has 2 nitrogen and oxygen atoms in total. The summed E-state index contributed by atoms with van der Waals surface area (Å²) in [5.41, 5.74) is 0. The molecule has 0 rings (SSSR count). The largest absolute Gasteiger partial charge is 0.349 e. The molecule has 0 saturated carbocycles. The van der Waals surface area contributed by atoms with Gasteiger partial charge >= 0.3 is 0 Å². The van der Waals surface area contributed by atoms with E-state index in [0.29, 0.717) is 13.2 Å². The molecule has 0 unspecified atom stereocenters. The molecule has 0 aliphatic heterocycles. The lowest BCUT2D eigenvalue weighted by atomic mass is 10.1. The molecular formula is C27H51BrO2. The van der Waals surface area contributed by atoms with Gasteiger partial charge in [-0.25, -0.2) is 0 Å². The molecule has 0 fully saturated rings. The van der Waals surface area contributed by atoms with Gasteiger partial charge in [-0.3, -0.25) is 0 Å². The summed E-state index contributed by atoms with van der Waals surface area (Å²) in [5, 5.41) is 1.13.